The van der Waals surface area contributed by atoms with E-state index >= 15 is 0 Å². The lowest BCUT2D eigenvalue weighted by molar-refractivity contribution is 0.0988. The van der Waals surface area contributed by atoms with E-state index in [1.54, 1.807) is 6.07 Å². The summed E-state index contributed by atoms with van der Waals surface area (Å²) in [6.07, 6.45) is 5.31. The largest absolute Gasteiger partial charge is 0.437 e. The number of rotatable bonds is 2. The third-order valence-electron chi connectivity index (χ3n) is 2.31. The maximum Gasteiger partial charge on any atom is 0.196 e. The SMILES string of the molecule is CC(=O)c1ccc(N2CC=CCC2)o1. The maximum absolute atomic E-state index is 11.0. The highest BCUT2D eigenvalue weighted by Crippen LogP contribution is 2.20. The lowest BCUT2D eigenvalue weighted by atomic mass is 10.2. The normalized spacial score (nSPS) is 15.9. The quantitative estimate of drug-likeness (QED) is 0.531. The van der Waals surface area contributed by atoms with Crippen molar-refractivity contribution in [2.75, 3.05) is 18.0 Å². The first-order valence-electron chi connectivity index (χ1n) is 4.78. The number of anilines is 1. The average Bonchev–Trinajstić information content (AvgIpc) is 2.68. The van der Waals surface area contributed by atoms with Gasteiger partial charge in [0.05, 0.1) is 0 Å². The Kier molecular flexibility index (Phi) is 2.39. The Hall–Kier alpha value is -1.51. The monoisotopic (exact) mass is 191 g/mol. The molecule has 0 atom stereocenters. The third-order valence-corrected chi connectivity index (χ3v) is 2.31. The molecule has 0 amide bonds. The van der Waals surface area contributed by atoms with E-state index in [0.717, 1.165) is 25.4 Å². The van der Waals surface area contributed by atoms with Gasteiger partial charge in [0.2, 0.25) is 0 Å². The van der Waals surface area contributed by atoms with Crippen molar-refractivity contribution in [3.8, 4) is 0 Å². The topological polar surface area (TPSA) is 33.5 Å². The Balaban J connectivity index is 2.16. The molecule has 3 nitrogen and oxygen atoms in total. The molecule has 0 spiro atoms. The second-order valence-electron chi connectivity index (χ2n) is 3.40. The summed E-state index contributed by atoms with van der Waals surface area (Å²) in [5, 5.41) is 0. The molecule has 0 saturated carbocycles. The zero-order chi connectivity index (χ0) is 9.97. The van der Waals surface area contributed by atoms with Crippen molar-refractivity contribution < 1.29 is 9.21 Å². The van der Waals surface area contributed by atoms with Crippen LogP contribution in [0.2, 0.25) is 0 Å². The van der Waals surface area contributed by atoms with Gasteiger partial charge in [-0.05, 0) is 12.5 Å². The summed E-state index contributed by atoms with van der Waals surface area (Å²) in [4.78, 5) is 13.1. The van der Waals surface area contributed by atoms with E-state index in [4.69, 9.17) is 4.42 Å². The maximum atomic E-state index is 11.0. The van der Waals surface area contributed by atoms with E-state index in [0.29, 0.717) is 5.76 Å². The predicted octanol–water partition coefficient (Wildman–Crippen LogP) is 2.25. The fraction of sp³-hybridized carbons (Fsp3) is 0.364. The fourth-order valence-electron chi connectivity index (χ4n) is 1.53. The van der Waals surface area contributed by atoms with Gasteiger partial charge < -0.3 is 9.32 Å². The summed E-state index contributed by atoms with van der Waals surface area (Å²) in [5.74, 6) is 1.21. The number of furan rings is 1. The zero-order valence-corrected chi connectivity index (χ0v) is 8.19. The van der Waals surface area contributed by atoms with Crippen LogP contribution in [0, 0.1) is 0 Å². The van der Waals surface area contributed by atoms with Gasteiger partial charge in [-0.15, -0.1) is 0 Å². The average molecular weight is 191 g/mol. The molecule has 0 aromatic carbocycles. The molecular weight excluding hydrogens is 178 g/mol. The Bertz CT molecular complexity index is 365. The molecule has 74 valence electrons. The van der Waals surface area contributed by atoms with Crippen LogP contribution in [-0.2, 0) is 0 Å². The van der Waals surface area contributed by atoms with Crippen LogP contribution in [0.1, 0.15) is 23.9 Å². The minimum Gasteiger partial charge on any atom is -0.437 e. The van der Waals surface area contributed by atoms with Gasteiger partial charge in [-0.2, -0.15) is 0 Å². The molecular formula is C11H13NO2. The number of nitrogens with zero attached hydrogens (tertiary/aromatic N) is 1. The van der Waals surface area contributed by atoms with Gasteiger partial charge in [0, 0.05) is 26.1 Å². The molecule has 0 fully saturated rings. The molecule has 1 aliphatic heterocycles. The number of carbonyl (C=O) groups is 1. The Morgan fingerprint density at radius 3 is 2.86 bits per heavy atom. The number of Topliss-reactive ketones (excluding diaryl/α,β-unsaturated/α-hetero) is 1. The van der Waals surface area contributed by atoms with Crippen molar-refractivity contribution in [3.63, 3.8) is 0 Å². The molecule has 0 N–H and O–H groups in total. The van der Waals surface area contributed by atoms with Crippen LogP contribution in [0.5, 0.6) is 0 Å². The summed E-state index contributed by atoms with van der Waals surface area (Å²) in [6.45, 7) is 3.34. The molecule has 3 heteroatoms. The predicted molar refractivity (Wildman–Crippen MR) is 54.7 cm³/mol. The fourth-order valence-corrected chi connectivity index (χ4v) is 1.53. The van der Waals surface area contributed by atoms with Crippen molar-refractivity contribution in [1.82, 2.24) is 0 Å². The van der Waals surface area contributed by atoms with Crippen molar-refractivity contribution in [2.24, 2.45) is 0 Å². The van der Waals surface area contributed by atoms with Gasteiger partial charge in [-0.1, -0.05) is 12.2 Å². The van der Waals surface area contributed by atoms with Gasteiger partial charge in [-0.25, -0.2) is 0 Å². The summed E-state index contributed by atoms with van der Waals surface area (Å²) in [5.41, 5.74) is 0. The second kappa shape index (κ2) is 3.70. The van der Waals surface area contributed by atoms with Crippen LogP contribution in [0.15, 0.2) is 28.7 Å². The van der Waals surface area contributed by atoms with Gasteiger partial charge in [0.1, 0.15) is 0 Å². The first-order valence-corrected chi connectivity index (χ1v) is 4.78. The second-order valence-corrected chi connectivity index (χ2v) is 3.40. The molecule has 1 aromatic rings. The summed E-state index contributed by atoms with van der Waals surface area (Å²) < 4.78 is 5.43. The zero-order valence-electron chi connectivity index (χ0n) is 8.19. The van der Waals surface area contributed by atoms with Crippen LogP contribution in [0.4, 0.5) is 5.88 Å². The number of hydrogen-bond acceptors (Lipinski definition) is 3. The number of ketones is 1. The van der Waals surface area contributed by atoms with Crippen molar-refractivity contribution in [3.05, 3.63) is 30.0 Å². The molecule has 2 heterocycles. The molecule has 0 bridgehead atoms. The van der Waals surface area contributed by atoms with Crippen molar-refractivity contribution >= 4 is 11.7 Å². The van der Waals surface area contributed by atoms with E-state index in [-0.39, 0.29) is 5.78 Å². The lowest BCUT2D eigenvalue weighted by Gasteiger charge is -2.22. The summed E-state index contributed by atoms with van der Waals surface area (Å²) in [7, 11) is 0. The van der Waals surface area contributed by atoms with Gasteiger partial charge in [0.25, 0.3) is 0 Å². The number of carbonyl (C=O) groups excluding carboxylic acids is 1. The smallest absolute Gasteiger partial charge is 0.196 e. The van der Waals surface area contributed by atoms with Crippen molar-refractivity contribution in [1.29, 1.82) is 0 Å². The minimum atomic E-state index is -0.0243. The summed E-state index contributed by atoms with van der Waals surface area (Å²) in [6, 6.07) is 3.59. The lowest BCUT2D eigenvalue weighted by Crippen LogP contribution is -2.26. The highest BCUT2D eigenvalue weighted by Gasteiger charge is 2.12. The molecule has 2 rings (SSSR count). The van der Waals surface area contributed by atoms with E-state index in [1.807, 2.05) is 6.07 Å². The van der Waals surface area contributed by atoms with Crippen LogP contribution >= 0.6 is 0 Å². The van der Waals surface area contributed by atoms with Gasteiger partial charge in [-0.3, -0.25) is 4.79 Å². The Morgan fingerprint density at radius 2 is 2.29 bits per heavy atom. The molecule has 1 aliphatic rings. The molecule has 0 aliphatic carbocycles. The van der Waals surface area contributed by atoms with Gasteiger partial charge >= 0.3 is 0 Å². The highest BCUT2D eigenvalue weighted by atomic mass is 16.4. The molecule has 0 radical (unpaired) electrons. The minimum absolute atomic E-state index is 0.0243. The van der Waals surface area contributed by atoms with Crippen LogP contribution in [-0.4, -0.2) is 18.9 Å². The standard InChI is InChI=1S/C11H13NO2/c1-9(13)10-5-6-11(14-10)12-7-3-2-4-8-12/h2-3,5-6H,4,7-8H2,1H3. The molecule has 0 saturated heterocycles. The van der Waals surface area contributed by atoms with E-state index in [1.165, 1.54) is 6.92 Å². The van der Waals surface area contributed by atoms with Crippen LogP contribution in [0.25, 0.3) is 0 Å². The van der Waals surface area contributed by atoms with Crippen molar-refractivity contribution in [2.45, 2.75) is 13.3 Å². The first-order chi connectivity index (χ1) is 6.77. The Morgan fingerprint density at radius 1 is 1.43 bits per heavy atom. The molecule has 1 aromatic heterocycles. The van der Waals surface area contributed by atoms with E-state index in [9.17, 15) is 4.79 Å². The first kappa shape index (κ1) is 9.06. The third kappa shape index (κ3) is 1.71. The van der Waals surface area contributed by atoms with E-state index < -0.39 is 0 Å². The van der Waals surface area contributed by atoms with Crippen LogP contribution in [0.3, 0.4) is 0 Å². The molecule has 14 heavy (non-hydrogen) atoms. The summed E-state index contributed by atoms with van der Waals surface area (Å²) >= 11 is 0. The highest BCUT2D eigenvalue weighted by molar-refractivity contribution is 5.91. The molecule has 0 unspecified atom stereocenters. The van der Waals surface area contributed by atoms with Crippen LogP contribution < -0.4 is 4.90 Å². The number of hydrogen-bond donors (Lipinski definition) is 0. The van der Waals surface area contributed by atoms with Gasteiger partial charge in [0.15, 0.2) is 17.4 Å². The Labute approximate surface area is 83.0 Å². The van der Waals surface area contributed by atoms with E-state index in [2.05, 4.69) is 17.1 Å².